The molecule has 0 bridgehead atoms. The van der Waals surface area contributed by atoms with E-state index < -0.39 is 6.04 Å². The number of nitrogens with zero attached hydrogens (tertiary/aromatic N) is 2. The zero-order valence-electron chi connectivity index (χ0n) is 19.6. The maximum atomic E-state index is 13.7. The van der Waals surface area contributed by atoms with E-state index >= 15 is 0 Å². The summed E-state index contributed by atoms with van der Waals surface area (Å²) in [6.45, 7) is 1.80. The summed E-state index contributed by atoms with van der Waals surface area (Å²) in [6.07, 6.45) is 1.82. The molecule has 8 heteroatoms. The van der Waals surface area contributed by atoms with Crippen LogP contribution in [0, 0.1) is 0 Å². The number of nitrogens with one attached hydrogen (secondary N) is 1. The third-order valence-corrected chi connectivity index (χ3v) is 7.13. The maximum absolute atomic E-state index is 13.7. The number of hydrogen-bond acceptors (Lipinski definition) is 5. The first-order chi connectivity index (χ1) is 17.4. The second kappa shape index (κ2) is 9.97. The lowest BCUT2D eigenvalue weighted by Crippen LogP contribution is -2.40. The molecule has 1 atom stereocenters. The Bertz CT molecular complexity index is 1640. The van der Waals surface area contributed by atoms with Crippen LogP contribution >= 0.6 is 22.9 Å². The van der Waals surface area contributed by atoms with E-state index in [2.05, 4.69) is 10.3 Å². The Morgan fingerprint density at radius 1 is 1.06 bits per heavy atom. The molecule has 1 aliphatic rings. The third-order valence-electron chi connectivity index (χ3n) is 5.90. The Labute approximate surface area is 216 Å². The molecule has 0 fully saturated rings. The predicted molar refractivity (Wildman–Crippen MR) is 143 cm³/mol. The Morgan fingerprint density at radius 3 is 2.42 bits per heavy atom. The molecular formula is C28H22ClN3O3S. The number of rotatable bonds is 5. The van der Waals surface area contributed by atoms with Gasteiger partial charge < -0.3 is 10.1 Å². The minimum atomic E-state index is -0.653. The molecule has 0 saturated heterocycles. The van der Waals surface area contributed by atoms with Crippen LogP contribution in [0.1, 0.15) is 24.1 Å². The summed E-state index contributed by atoms with van der Waals surface area (Å²) in [7, 11) is 1.61. The van der Waals surface area contributed by atoms with Gasteiger partial charge in [0.25, 0.3) is 11.5 Å². The lowest BCUT2D eigenvalue weighted by molar-refractivity contribution is -0.113. The Kier molecular flexibility index (Phi) is 6.59. The van der Waals surface area contributed by atoms with E-state index in [1.54, 1.807) is 30.7 Å². The number of ether oxygens (including phenoxy) is 1. The van der Waals surface area contributed by atoms with Crippen LogP contribution in [0.4, 0.5) is 5.69 Å². The molecule has 3 aromatic carbocycles. The first-order valence-corrected chi connectivity index (χ1v) is 12.4. The highest BCUT2D eigenvalue weighted by atomic mass is 35.5. The number of anilines is 1. The molecule has 2 heterocycles. The lowest BCUT2D eigenvalue weighted by Gasteiger charge is -2.25. The van der Waals surface area contributed by atoms with Gasteiger partial charge in [0.15, 0.2) is 4.80 Å². The highest BCUT2D eigenvalue weighted by Gasteiger charge is 2.32. The van der Waals surface area contributed by atoms with E-state index in [0.29, 0.717) is 31.3 Å². The van der Waals surface area contributed by atoms with Crippen LogP contribution in [0.25, 0.3) is 6.08 Å². The number of hydrogen-bond donors (Lipinski definition) is 1. The van der Waals surface area contributed by atoms with Crippen molar-refractivity contribution in [3.05, 3.63) is 126 Å². The Hall–Kier alpha value is -3.94. The van der Waals surface area contributed by atoms with Gasteiger partial charge in [-0.25, -0.2) is 4.99 Å². The molecule has 4 aromatic rings. The zero-order valence-corrected chi connectivity index (χ0v) is 21.1. The lowest BCUT2D eigenvalue weighted by atomic mass is 9.95. The molecule has 0 radical (unpaired) electrons. The van der Waals surface area contributed by atoms with Crippen molar-refractivity contribution in [1.82, 2.24) is 4.57 Å². The van der Waals surface area contributed by atoms with Crippen LogP contribution in [-0.4, -0.2) is 17.6 Å². The van der Waals surface area contributed by atoms with Crippen molar-refractivity contribution in [3.8, 4) is 5.75 Å². The molecule has 5 rings (SSSR count). The fraction of sp³-hybridized carbons (Fsp3) is 0.107. The fourth-order valence-corrected chi connectivity index (χ4v) is 5.32. The normalized spacial score (nSPS) is 15.3. The largest absolute Gasteiger partial charge is 0.497 e. The van der Waals surface area contributed by atoms with Crippen molar-refractivity contribution in [2.75, 3.05) is 12.4 Å². The van der Waals surface area contributed by atoms with E-state index in [1.165, 1.54) is 11.3 Å². The van der Waals surface area contributed by atoms with Gasteiger partial charge >= 0.3 is 0 Å². The summed E-state index contributed by atoms with van der Waals surface area (Å²) in [5.74, 6) is 0.424. The molecule has 0 spiro atoms. The minimum absolute atomic E-state index is 0.216. The molecule has 180 valence electrons. The van der Waals surface area contributed by atoms with Gasteiger partial charge in [-0.2, -0.15) is 0 Å². The number of fused-ring (bicyclic) bond motifs is 1. The van der Waals surface area contributed by atoms with Gasteiger partial charge in [0.2, 0.25) is 0 Å². The van der Waals surface area contributed by atoms with Crippen LogP contribution in [0.5, 0.6) is 5.75 Å². The first-order valence-electron chi connectivity index (χ1n) is 11.2. The van der Waals surface area contributed by atoms with E-state index in [0.717, 1.165) is 16.9 Å². The van der Waals surface area contributed by atoms with Gasteiger partial charge in [0, 0.05) is 10.7 Å². The summed E-state index contributed by atoms with van der Waals surface area (Å²) in [6, 6.07) is 23.2. The first kappa shape index (κ1) is 23.8. The SMILES string of the molecule is COc1ccc(/C=c2/sc3n(c2=O)[C@H](c2ccc(Cl)cc2)C(C(=O)Nc2ccccc2)=C(C)N=3)cc1. The number of carbonyl (C=O) groups is 1. The summed E-state index contributed by atoms with van der Waals surface area (Å²) >= 11 is 7.44. The second-order valence-electron chi connectivity index (χ2n) is 8.23. The number of amides is 1. The highest BCUT2D eigenvalue weighted by Crippen LogP contribution is 2.31. The highest BCUT2D eigenvalue weighted by molar-refractivity contribution is 7.07. The standard InChI is InChI=1S/C28H22ClN3O3S/c1-17-24(26(33)31-21-6-4-3-5-7-21)25(19-10-12-20(29)13-11-19)32-27(34)23(36-28(32)30-17)16-18-8-14-22(35-2)15-9-18/h3-16,25H,1-2H3,(H,31,33)/b23-16+/t25-/m1/s1. The predicted octanol–water partition coefficient (Wildman–Crippen LogP) is 4.54. The number of thiazole rings is 1. The van der Waals surface area contributed by atoms with Gasteiger partial charge in [-0.3, -0.25) is 14.2 Å². The maximum Gasteiger partial charge on any atom is 0.271 e. The summed E-state index contributed by atoms with van der Waals surface area (Å²) in [4.78, 5) is 32.4. The zero-order chi connectivity index (χ0) is 25.2. The number of para-hydroxylation sites is 1. The van der Waals surface area contributed by atoms with Gasteiger partial charge in [0.1, 0.15) is 5.75 Å². The number of benzene rings is 3. The Morgan fingerprint density at radius 2 is 1.75 bits per heavy atom. The van der Waals surface area contributed by atoms with Crippen molar-refractivity contribution in [2.24, 2.45) is 4.99 Å². The number of halogens is 1. The van der Waals surface area contributed by atoms with E-state index in [9.17, 15) is 9.59 Å². The molecule has 1 amide bonds. The topological polar surface area (TPSA) is 72.7 Å². The molecule has 1 aromatic heterocycles. The van der Waals surface area contributed by atoms with Crippen molar-refractivity contribution in [1.29, 1.82) is 0 Å². The van der Waals surface area contributed by atoms with E-state index in [-0.39, 0.29) is 11.5 Å². The van der Waals surface area contributed by atoms with Crippen molar-refractivity contribution in [3.63, 3.8) is 0 Å². The van der Waals surface area contributed by atoms with Crippen molar-refractivity contribution in [2.45, 2.75) is 13.0 Å². The van der Waals surface area contributed by atoms with Crippen LogP contribution in [0.2, 0.25) is 5.02 Å². The molecular weight excluding hydrogens is 494 g/mol. The summed E-state index contributed by atoms with van der Waals surface area (Å²) in [5.41, 5.74) is 3.04. The average molecular weight is 516 g/mol. The molecule has 0 unspecified atom stereocenters. The smallest absolute Gasteiger partial charge is 0.271 e. The fourth-order valence-electron chi connectivity index (χ4n) is 4.14. The van der Waals surface area contributed by atoms with Gasteiger partial charge in [-0.15, -0.1) is 0 Å². The number of carbonyl (C=O) groups excluding carboxylic acids is 1. The molecule has 1 aliphatic heterocycles. The molecule has 0 saturated carbocycles. The van der Waals surface area contributed by atoms with Gasteiger partial charge in [-0.05, 0) is 60.5 Å². The van der Waals surface area contributed by atoms with E-state index in [4.69, 9.17) is 16.3 Å². The van der Waals surface area contributed by atoms with Crippen LogP contribution < -0.4 is 24.9 Å². The third kappa shape index (κ3) is 4.63. The number of allylic oxidation sites excluding steroid dienone is 1. The molecule has 36 heavy (non-hydrogen) atoms. The van der Waals surface area contributed by atoms with Crippen molar-refractivity contribution < 1.29 is 9.53 Å². The minimum Gasteiger partial charge on any atom is -0.497 e. The second-order valence-corrected chi connectivity index (χ2v) is 9.67. The summed E-state index contributed by atoms with van der Waals surface area (Å²) < 4.78 is 7.34. The van der Waals surface area contributed by atoms with Crippen LogP contribution in [0.15, 0.2) is 99.9 Å². The van der Waals surface area contributed by atoms with E-state index in [1.807, 2.05) is 72.8 Å². The molecule has 0 aliphatic carbocycles. The van der Waals surface area contributed by atoms with Gasteiger partial charge in [-0.1, -0.05) is 65.4 Å². The quantitative estimate of drug-likeness (QED) is 0.424. The average Bonchev–Trinajstić information content (AvgIpc) is 3.19. The molecule has 1 N–H and O–H groups in total. The summed E-state index contributed by atoms with van der Waals surface area (Å²) in [5, 5.41) is 3.52. The monoisotopic (exact) mass is 515 g/mol. The van der Waals surface area contributed by atoms with Crippen molar-refractivity contribution >= 4 is 40.6 Å². The Balaban J connectivity index is 1.65. The van der Waals surface area contributed by atoms with Crippen LogP contribution in [0.3, 0.4) is 0 Å². The number of methoxy groups -OCH3 is 1. The van der Waals surface area contributed by atoms with Gasteiger partial charge in [0.05, 0.1) is 29.0 Å². The van der Waals surface area contributed by atoms with Crippen LogP contribution in [-0.2, 0) is 4.79 Å². The molecule has 6 nitrogen and oxygen atoms in total. The number of aromatic nitrogens is 1.